The van der Waals surface area contributed by atoms with Crippen molar-refractivity contribution in [2.45, 2.75) is 43.7 Å². The van der Waals surface area contributed by atoms with E-state index in [1.807, 2.05) is 0 Å². The first kappa shape index (κ1) is 17.6. The van der Waals surface area contributed by atoms with E-state index < -0.39 is 16.1 Å². The molecule has 6 nitrogen and oxygen atoms in total. The first-order chi connectivity index (χ1) is 9.74. The van der Waals surface area contributed by atoms with Gasteiger partial charge >= 0.3 is 5.97 Å². The van der Waals surface area contributed by atoms with E-state index in [1.54, 1.807) is 26.0 Å². The van der Waals surface area contributed by atoms with E-state index in [2.05, 4.69) is 9.46 Å². The Morgan fingerprint density at radius 1 is 1.29 bits per heavy atom. The van der Waals surface area contributed by atoms with E-state index in [1.165, 1.54) is 19.2 Å². The summed E-state index contributed by atoms with van der Waals surface area (Å²) >= 11 is 0. The van der Waals surface area contributed by atoms with E-state index >= 15 is 0 Å². The minimum absolute atomic E-state index is 0.0999. The van der Waals surface area contributed by atoms with Gasteiger partial charge in [-0.15, -0.1) is 0 Å². The van der Waals surface area contributed by atoms with Gasteiger partial charge in [-0.1, -0.05) is 12.1 Å². The number of rotatable bonds is 7. The van der Waals surface area contributed by atoms with Crippen LogP contribution in [0.5, 0.6) is 0 Å². The van der Waals surface area contributed by atoms with Crippen LogP contribution in [0.4, 0.5) is 0 Å². The molecule has 0 heterocycles. The number of esters is 1. The maximum Gasteiger partial charge on any atom is 0.309 e. The fourth-order valence-corrected chi connectivity index (χ4v) is 3.17. The molecule has 0 bridgehead atoms. The molecule has 21 heavy (non-hydrogen) atoms. The number of aliphatic hydroxyl groups is 1. The van der Waals surface area contributed by atoms with Gasteiger partial charge in [-0.2, -0.15) is 0 Å². The van der Waals surface area contributed by atoms with Crippen molar-refractivity contribution in [1.82, 2.24) is 4.72 Å². The number of nitrogens with one attached hydrogen (secondary N) is 1. The Morgan fingerprint density at radius 3 is 2.33 bits per heavy atom. The van der Waals surface area contributed by atoms with Crippen molar-refractivity contribution in [1.29, 1.82) is 0 Å². The second-order valence-electron chi connectivity index (χ2n) is 5.00. The SMILES string of the molecule is COC(=O)Cc1ccc(S(=O)(=O)NC(C)CC(C)O)cc1. The van der Waals surface area contributed by atoms with Gasteiger partial charge in [0.05, 0.1) is 24.5 Å². The summed E-state index contributed by atoms with van der Waals surface area (Å²) in [5.41, 5.74) is 0.679. The molecule has 0 aromatic heterocycles. The van der Waals surface area contributed by atoms with Gasteiger partial charge in [-0.25, -0.2) is 13.1 Å². The summed E-state index contributed by atoms with van der Waals surface area (Å²) in [6, 6.07) is 5.66. The summed E-state index contributed by atoms with van der Waals surface area (Å²) in [4.78, 5) is 11.3. The molecule has 0 radical (unpaired) electrons. The minimum atomic E-state index is -3.63. The van der Waals surface area contributed by atoms with E-state index in [0.29, 0.717) is 12.0 Å². The van der Waals surface area contributed by atoms with Crippen LogP contribution in [0.25, 0.3) is 0 Å². The third-order valence-corrected chi connectivity index (χ3v) is 4.47. The van der Waals surface area contributed by atoms with E-state index in [4.69, 9.17) is 0 Å². The average Bonchev–Trinajstić information content (AvgIpc) is 2.37. The number of methoxy groups -OCH3 is 1. The van der Waals surface area contributed by atoms with Crippen LogP contribution in [0.2, 0.25) is 0 Å². The van der Waals surface area contributed by atoms with Crippen LogP contribution in [0.1, 0.15) is 25.8 Å². The van der Waals surface area contributed by atoms with Gasteiger partial charge < -0.3 is 9.84 Å². The minimum Gasteiger partial charge on any atom is -0.469 e. The summed E-state index contributed by atoms with van der Waals surface area (Å²) in [5.74, 6) is -0.380. The molecule has 0 amide bonds. The molecule has 0 fully saturated rings. The molecule has 1 aromatic rings. The van der Waals surface area contributed by atoms with Crippen molar-refractivity contribution < 1.29 is 23.1 Å². The molecule has 2 N–H and O–H groups in total. The van der Waals surface area contributed by atoms with Crippen LogP contribution in [0, 0.1) is 0 Å². The highest BCUT2D eigenvalue weighted by Crippen LogP contribution is 2.13. The van der Waals surface area contributed by atoms with Crippen molar-refractivity contribution in [2.75, 3.05) is 7.11 Å². The zero-order valence-corrected chi connectivity index (χ0v) is 13.2. The second-order valence-corrected chi connectivity index (χ2v) is 6.72. The third kappa shape index (κ3) is 5.82. The molecule has 1 rings (SSSR count). The first-order valence-corrected chi connectivity index (χ1v) is 8.09. The first-order valence-electron chi connectivity index (χ1n) is 6.60. The quantitative estimate of drug-likeness (QED) is 0.727. The van der Waals surface area contributed by atoms with Crippen molar-refractivity contribution in [2.24, 2.45) is 0 Å². The lowest BCUT2D eigenvalue weighted by molar-refractivity contribution is -0.139. The Labute approximate surface area is 125 Å². The highest BCUT2D eigenvalue weighted by molar-refractivity contribution is 7.89. The summed E-state index contributed by atoms with van der Waals surface area (Å²) < 4.78 is 31.3. The average molecular weight is 315 g/mol. The van der Waals surface area contributed by atoms with Crippen LogP contribution >= 0.6 is 0 Å². The molecular weight excluding hydrogens is 294 g/mol. The highest BCUT2D eigenvalue weighted by atomic mass is 32.2. The molecule has 0 spiro atoms. The molecule has 0 aliphatic heterocycles. The van der Waals surface area contributed by atoms with Gasteiger partial charge in [-0.3, -0.25) is 4.79 Å². The van der Waals surface area contributed by atoms with E-state index in [-0.39, 0.29) is 23.3 Å². The number of hydrogen-bond donors (Lipinski definition) is 2. The zero-order valence-electron chi connectivity index (χ0n) is 12.4. The summed E-state index contributed by atoms with van der Waals surface area (Å²) in [7, 11) is -2.33. The Balaban J connectivity index is 2.78. The molecule has 118 valence electrons. The number of sulfonamides is 1. The van der Waals surface area contributed by atoms with Crippen molar-refractivity contribution >= 4 is 16.0 Å². The zero-order chi connectivity index (χ0) is 16.0. The van der Waals surface area contributed by atoms with Gasteiger partial charge in [0.15, 0.2) is 0 Å². The van der Waals surface area contributed by atoms with Crippen LogP contribution in [0.15, 0.2) is 29.2 Å². The predicted octanol–water partition coefficient (Wildman–Crippen LogP) is 0.840. The fraction of sp³-hybridized carbons (Fsp3) is 0.500. The summed E-state index contributed by atoms with van der Waals surface area (Å²) in [5, 5.41) is 9.26. The molecule has 1 aromatic carbocycles. The topological polar surface area (TPSA) is 92.7 Å². The van der Waals surface area contributed by atoms with Crippen molar-refractivity contribution in [3.8, 4) is 0 Å². The van der Waals surface area contributed by atoms with Crippen LogP contribution in [0.3, 0.4) is 0 Å². The monoisotopic (exact) mass is 315 g/mol. The third-order valence-electron chi connectivity index (χ3n) is 2.86. The van der Waals surface area contributed by atoms with Crippen molar-refractivity contribution in [3.05, 3.63) is 29.8 Å². The number of carbonyl (C=O) groups is 1. The van der Waals surface area contributed by atoms with Crippen molar-refractivity contribution in [3.63, 3.8) is 0 Å². The number of aliphatic hydroxyl groups excluding tert-OH is 1. The highest BCUT2D eigenvalue weighted by Gasteiger charge is 2.18. The molecular formula is C14H21NO5S. The van der Waals surface area contributed by atoms with Gasteiger partial charge in [0.2, 0.25) is 10.0 Å². The largest absolute Gasteiger partial charge is 0.469 e. The van der Waals surface area contributed by atoms with Crippen LogP contribution in [-0.2, 0) is 26.0 Å². The summed E-state index contributed by atoms with van der Waals surface area (Å²) in [6.07, 6.45) is -0.146. The molecule has 2 unspecified atom stereocenters. The van der Waals surface area contributed by atoms with Gasteiger partial charge in [-0.05, 0) is 38.0 Å². The second kappa shape index (κ2) is 7.53. The molecule has 0 aliphatic carbocycles. The Morgan fingerprint density at radius 2 is 1.86 bits per heavy atom. The molecule has 0 aliphatic rings. The number of hydrogen-bond acceptors (Lipinski definition) is 5. The van der Waals surface area contributed by atoms with Crippen LogP contribution < -0.4 is 4.72 Å². The standard InChI is InChI=1S/C14H21NO5S/c1-10(8-11(2)16)15-21(18,19)13-6-4-12(5-7-13)9-14(17)20-3/h4-7,10-11,15-16H,8-9H2,1-3H3. The number of ether oxygens (including phenoxy) is 1. The number of benzene rings is 1. The lowest BCUT2D eigenvalue weighted by Crippen LogP contribution is -2.34. The smallest absolute Gasteiger partial charge is 0.309 e. The number of carbonyl (C=O) groups excluding carboxylic acids is 1. The Kier molecular flexibility index (Phi) is 6.32. The van der Waals surface area contributed by atoms with E-state index in [9.17, 15) is 18.3 Å². The molecule has 2 atom stereocenters. The maximum absolute atomic E-state index is 12.1. The summed E-state index contributed by atoms with van der Waals surface area (Å²) in [6.45, 7) is 3.29. The normalized spacial score (nSPS) is 14.5. The van der Waals surface area contributed by atoms with Crippen LogP contribution in [-0.4, -0.2) is 38.7 Å². The maximum atomic E-state index is 12.1. The molecule has 0 saturated carbocycles. The Bertz CT molecular complexity index is 566. The lowest BCUT2D eigenvalue weighted by Gasteiger charge is -2.15. The predicted molar refractivity (Wildman–Crippen MR) is 78.2 cm³/mol. The van der Waals surface area contributed by atoms with E-state index in [0.717, 1.165) is 0 Å². The fourth-order valence-electron chi connectivity index (χ4n) is 1.92. The molecule has 7 heteroatoms. The van der Waals surface area contributed by atoms with Gasteiger partial charge in [0.1, 0.15) is 0 Å². The van der Waals surface area contributed by atoms with Gasteiger partial charge in [0, 0.05) is 6.04 Å². The lowest BCUT2D eigenvalue weighted by atomic mass is 10.2. The Hall–Kier alpha value is -1.44. The van der Waals surface area contributed by atoms with Gasteiger partial charge in [0.25, 0.3) is 0 Å². The molecule has 0 saturated heterocycles.